The Morgan fingerprint density at radius 1 is 1.00 bits per heavy atom. The molecule has 3 heterocycles. The van der Waals surface area contributed by atoms with Crippen molar-refractivity contribution in [3.63, 3.8) is 0 Å². The van der Waals surface area contributed by atoms with E-state index in [1.54, 1.807) is 7.11 Å². The fourth-order valence-electron chi connectivity index (χ4n) is 3.85. The molecule has 1 aliphatic heterocycles. The second-order valence-corrected chi connectivity index (χ2v) is 7.46. The van der Waals surface area contributed by atoms with Crippen LogP contribution < -0.4 is 15.0 Å². The highest BCUT2D eigenvalue weighted by atomic mass is 16.5. The van der Waals surface area contributed by atoms with Crippen LogP contribution in [0.4, 0.5) is 17.2 Å². The number of aromatic amines is 1. The van der Waals surface area contributed by atoms with E-state index in [9.17, 15) is 0 Å². The molecule has 29 heavy (non-hydrogen) atoms. The number of piperazine rings is 1. The Labute approximate surface area is 169 Å². The minimum atomic E-state index is 0.766. The largest absolute Gasteiger partial charge is 0.497 e. The summed E-state index contributed by atoms with van der Waals surface area (Å²) in [6.07, 6.45) is 1.83. The Bertz CT molecular complexity index is 1150. The van der Waals surface area contributed by atoms with Crippen molar-refractivity contribution in [1.82, 2.24) is 20.1 Å². The maximum absolute atomic E-state index is 5.36. The number of fused-ring (bicyclic) bond motifs is 3. The number of pyridine rings is 1. The van der Waals surface area contributed by atoms with Crippen LogP contribution in [0, 0.1) is 0 Å². The van der Waals surface area contributed by atoms with Gasteiger partial charge in [0, 0.05) is 48.3 Å². The number of ether oxygens (including phenoxy) is 1. The summed E-state index contributed by atoms with van der Waals surface area (Å²) < 4.78 is 5.36. The number of nitrogens with one attached hydrogen (secondary N) is 2. The van der Waals surface area contributed by atoms with E-state index < -0.39 is 0 Å². The number of nitrogens with zero attached hydrogens (tertiary/aromatic N) is 4. The second-order valence-electron chi connectivity index (χ2n) is 7.46. The van der Waals surface area contributed by atoms with Crippen molar-refractivity contribution in [2.75, 3.05) is 50.6 Å². The van der Waals surface area contributed by atoms with E-state index in [4.69, 9.17) is 9.72 Å². The molecule has 1 saturated heterocycles. The minimum absolute atomic E-state index is 0.766. The summed E-state index contributed by atoms with van der Waals surface area (Å²) in [4.78, 5) is 9.61. The van der Waals surface area contributed by atoms with Gasteiger partial charge in [-0.05, 0) is 49.5 Å². The van der Waals surface area contributed by atoms with Crippen molar-refractivity contribution >= 4 is 39.0 Å². The minimum Gasteiger partial charge on any atom is -0.497 e. The zero-order chi connectivity index (χ0) is 19.8. The summed E-state index contributed by atoms with van der Waals surface area (Å²) in [6.45, 7) is 4.33. The molecule has 5 rings (SSSR count). The SMILES string of the molecule is COc1ccc2nc(Nc3ccc(N4CCN(C)CC4)cc3)c3[nH]ncc3c2c1. The van der Waals surface area contributed by atoms with Crippen molar-refractivity contribution in [3.05, 3.63) is 48.7 Å². The lowest BCUT2D eigenvalue weighted by molar-refractivity contribution is 0.313. The highest BCUT2D eigenvalue weighted by Crippen LogP contribution is 2.32. The molecule has 0 unspecified atom stereocenters. The lowest BCUT2D eigenvalue weighted by Gasteiger charge is -2.34. The molecule has 1 fully saturated rings. The van der Waals surface area contributed by atoms with Crippen molar-refractivity contribution < 1.29 is 4.74 Å². The molecule has 0 aliphatic carbocycles. The molecule has 2 N–H and O–H groups in total. The summed E-state index contributed by atoms with van der Waals surface area (Å²) in [5.74, 6) is 1.57. The van der Waals surface area contributed by atoms with Crippen molar-refractivity contribution in [2.24, 2.45) is 0 Å². The van der Waals surface area contributed by atoms with Gasteiger partial charge in [0.25, 0.3) is 0 Å². The number of H-pyrrole nitrogens is 1. The Kier molecular flexibility index (Phi) is 4.44. The monoisotopic (exact) mass is 388 g/mol. The Hall–Kier alpha value is -3.32. The zero-order valence-electron chi connectivity index (χ0n) is 16.6. The third-order valence-corrected chi connectivity index (χ3v) is 5.60. The number of hydrogen-bond acceptors (Lipinski definition) is 6. The average Bonchev–Trinajstić information content (AvgIpc) is 3.25. The van der Waals surface area contributed by atoms with Crippen LogP contribution in [0.5, 0.6) is 5.75 Å². The summed E-state index contributed by atoms with van der Waals surface area (Å²) in [5.41, 5.74) is 4.04. The first-order valence-corrected chi connectivity index (χ1v) is 9.83. The van der Waals surface area contributed by atoms with Gasteiger partial charge in [-0.3, -0.25) is 5.10 Å². The van der Waals surface area contributed by atoms with Crippen LogP contribution >= 0.6 is 0 Å². The molecule has 0 saturated carbocycles. The maximum Gasteiger partial charge on any atom is 0.157 e. The predicted molar refractivity (Wildman–Crippen MR) is 117 cm³/mol. The molecule has 148 valence electrons. The second kappa shape index (κ2) is 7.25. The van der Waals surface area contributed by atoms with Crippen LogP contribution in [-0.4, -0.2) is 60.4 Å². The molecular formula is C22H24N6O. The molecule has 7 nitrogen and oxygen atoms in total. The highest BCUT2D eigenvalue weighted by Gasteiger charge is 2.15. The van der Waals surface area contributed by atoms with Crippen LogP contribution in [-0.2, 0) is 0 Å². The molecule has 0 bridgehead atoms. The van der Waals surface area contributed by atoms with Gasteiger partial charge in [-0.15, -0.1) is 0 Å². The molecule has 4 aromatic rings. The lowest BCUT2D eigenvalue weighted by Crippen LogP contribution is -2.44. The van der Waals surface area contributed by atoms with Gasteiger partial charge in [-0.25, -0.2) is 4.98 Å². The Morgan fingerprint density at radius 3 is 2.55 bits per heavy atom. The van der Waals surface area contributed by atoms with Crippen molar-refractivity contribution in [1.29, 1.82) is 0 Å². The van der Waals surface area contributed by atoms with E-state index in [1.807, 2.05) is 24.4 Å². The lowest BCUT2D eigenvalue weighted by atomic mass is 10.1. The molecule has 2 aromatic heterocycles. The summed E-state index contributed by atoms with van der Waals surface area (Å²) in [7, 11) is 3.84. The van der Waals surface area contributed by atoms with Gasteiger partial charge in [0.15, 0.2) is 5.82 Å². The number of aromatic nitrogens is 3. The standard InChI is InChI=1S/C22H24N6O/c1-27-9-11-28(12-10-27)16-5-3-15(4-6-16)24-22-21-19(14-23-26-21)18-13-17(29-2)7-8-20(18)25-22/h3-8,13-14H,9-12H2,1-2H3,(H,23,26)(H,24,25). The number of anilines is 3. The topological polar surface area (TPSA) is 69.3 Å². The maximum atomic E-state index is 5.36. The molecule has 0 atom stereocenters. The third kappa shape index (κ3) is 3.34. The summed E-state index contributed by atoms with van der Waals surface area (Å²) >= 11 is 0. The van der Waals surface area contributed by atoms with Gasteiger partial charge in [0.05, 0.1) is 18.8 Å². The van der Waals surface area contributed by atoms with E-state index in [2.05, 4.69) is 56.6 Å². The number of likely N-dealkylation sites (N-methyl/N-ethyl adjacent to an activating group) is 1. The quantitative estimate of drug-likeness (QED) is 0.557. The highest BCUT2D eigenvalue weighted by molar-refractivity contribution is 6.09. The average molecular weight is 388 g/mol. The molecule has 0 spiro atoms. The van der Waals surface area contributed by atoms with Crippen LogP contribution in [0.3, 0.4) is 0 Å². The number of methoxy groups -OCH3 is 1. The van der Waals surface area contributed by atoms with Crippen LogP contribution in [0.1, 0.15) is 0 Å². The zero-order valence-corrected chi connectivity index (χ0v) is 16.6. The third-order valence-electron chi connectivity index (χ3n) is 5.60. The molecule has 0 radical (unpaired) electrons. The van der Waals surface area contributed by atoms with Gasteiger partial charge >= 0.3 is 0 Å². The van der Waals surface area contributed by atoms with Gasteiger partial charge < -0.3 is 19.9 Å². The smallest absolute Gasteiger partial charge is 0.157 e. The molecule has 1 aliphatic rings. The molecular weight excluding hydrogens is 364 g/mol. The van der Waals surface area contributed by atoms with Gasteiger partial charge in [0.2, 0.25) is 0 Å². The first-order chi connectivity index (χ1) is 14.2. The van der Waals surface area contributed by atoms with E-state index in [1.165, 1.54) is 5.69 Å². The number of rotatable bonds is 4. The van der Waals surface area contributed by atoms with E-state index in [-0.39, 0.29) is 0 Å². The fourth-order valence-corrected chi connectivity index (χ4v) is 3.85. The van der Waals surface area contributed by atoms with Gasteiger partial charge in [-0.1, -0.05) is 0 Å². The van der Waals surface area contributed by atoms with Crippen LogP contribution in [0.25, 0.3) is 21.8 Å². The van der Waals surface area contributed by atoms with Crippen LogP contribution in [0.2, 0.25) is 0 Å². The van der Waals surface area contributed by atoms with Gasteiger partial charge in [-0.2, -0.15) is 5.10 Å². The normalized spacial score (nSPS) is 15.2. The number of benzene rings is 2. The molecule has 7 heteroatoms. The predicted octanol–water partition coefficient (Wildman–Crippen LogP) is 3.62. The molecule has 0 amide bonds. The summed E-state index contributed by atoms with van der Waals surface area (Å²) in [5, 5.41) is 12.8. The van der Waals surface area contributed by atoms with E-state index >= 15 is 0 Å². The molecule has 2 aromatic carbocycles. The van der Waals surface area contributed by atoms with Gasteiger partial charge in [0.1, 0.15) is 11.3 Å². The fraction of sp³-hybridized carbons (Fsp3) is 0.273. The van der Waals surface area contributed by atoms with Crippen molar-refractivity contribution in [2.45, 2.75) is 0 Å². The van der Waals surface area contributed by atoms with Crippen LogP contribution in [0.15, 0.2) is 48.7 Å². The van der Waals surface area contributed by atoms with Crippen molar-refractivity contribution in [3.8, 4) is 5.75 Å². The summed E-state index contributed by atoms with van der Waals surface area (Å²) in [6, 6.07) is 14.5. The Morgan fingerprint density at radius 2 is 1.79 bits per heavy atom. The van der Waals surface area contributed by atoms with E-state index in [0.29, 0.717) is 0 Å². The van der Waals surface area contributed by atoms with E-state index in [0.717, 1.165) is 65.2 Å². The Balaban J connectivity index is 1.44. The first kappa shape index (κ1) is 17.8. The number of hydrogen-bond donors (Lipinski definition) is 2. The first-order valence-electron chi connectivity index (χ1n) is 9.83.